The van der Waals surface area contributed by atoms with Crippen LogP contribution in [0.25, 0.3) is 0 Å². The number of quaternary nitrogens is 1. The lowest BCUT2D eigenvalue weighted by Gasteiger charge is -2.29. The highest BCUT2D eigenvalue weighted by atomic mass is 31.2. The van der Waals surface area contributed by atoms with Crippen molar-refractivity contribution in [1.29, 1.82) is 0 Å². The van der Waals surface area contributed by atoms with E-state index in [9.17, 15) is 19.4 Å². The van der Waals surface area contributed by atoms with Crippen LogP contribution in [-0.4, -0.2) is 68.5 Å². The third-order valence-corrected chi connectivity index (χ3v) is 11.8. The van der Waals surface area contributed by atoms with Crippen LogP contribution in [0.1, 0.15) is 181 Å². The van der Waals surface area contributed by atoms with Gasteiger partial charge < -0.3 is 28.8 Å². The summed E-state index contributed by atoms with van der Waals surface area (Å²) in [5, 5.41) is 13.8. The fourth-order valence-corrected chi connectivity index (χ4v) is 7.39. The lowest BCUT2D eigenvalue weighted by atomic mass is 10.1. The van der Waals surface area contributed by atoms with Crippen molar-refractivity contribution in [3.05, 3.63) is 134 Å². The average Bonchev–Trinajstić information content (AvgIpc) is 3.30. The Morgan fingerprint density at radius 2 is 0.912 bits per heavy atom. The van der Waals surface area contributed by atoms with Crippen molar-refractivity contribution >= 4 is 13.7 Å². The van der Waals surface area contributed by atoms with E-state index in [-0.39, 0.29) is 12.5 Å². The minimum atomic E-state index is -4.62. The Labute approximate surface area is 417 Å². The van der Waals surface area contributed by atoms with Gasteiger partial charge in [-0.1, -0.05) is 199 Å². The molecule has 0 aliphatic rings. The largest absolute Gasteiger partial charge is 0.756 e. The zero-order valence-corrected chi connectivity index (χ0v) is 44.6. The smallest absolute Gasteiger partial charge is 0.268 e. The van der Waals surface area contributed by atoms with Crippen LogP contribution in [0, 0.1) is 0 Å². The lowest BCUT2D eigenvalue weighted by molar-refractivity contribution is -0.870. The van der Waals surface area contributed by atoms with E-state index in [0.29, 0.717) is 30.3 Å². The van der Waals surface area contributed by atoms with Crippen molar-refractivity contribution < 1.29 is 32.9 Å². The first-order valence-corrected chi connectivity index (χ1v) is 28.0. The third-order valence-electron chi connectivity index (χ3n) is 10.8. The first-order valence-electron chi connectivity index (χ1n) is 26.5. The molecule has 2 N–H and O–H groups in total. The molecule has 3 atom stereocenters. The summed E-state index contributed by atoms with van der Waals surface area (Å²) in [7, 11) is 1.19. The van der Waals surface area contributed by atoms with Crippen LogP contribution in [0.5, 0.6) is 0 Å². The second kappa shape index (κ2) is 48.7. The number of aliphatic hydroxyl groups is 1. The molecule has 0 aliphatic carbocycles. The van der Waals surface area contributed by atoms with Crippen molar-refractivity contribution in [3.63, 3.8) is 0 Å². The Hall–Kier alpha value is -3.36. The van der Waals surface area contributed by atoms with Crippen LogP contribution in [-0.2, 0) is 18.4 Å². The minimum absolute atomic E-state index is 0.0224. The molecule has 0 aromatic carbocycles. The third kappa shape index (κ3) is 50.5. The molecule has 0 radical (unpaired) electrons. The Morgan fingerprint density at radius 1 is 0.529 bits per heavy atom. The number of unbranched alkanes of at least 4 members (excludes halogenated alkanes) is 13. The van der Waals surface area contributed by atoms with Crippen molar-refractivity contribution in [2.45, 2.75) is 193 Å². The number of carbonyl (C=O) groups excluding carboxylic acids is 1. The van der Waals surface area contributed by atoms with Gasteiger partial charge in [-0.05, 0) is 109 Å². The van der Waals surface area contributed by atoms with Gasteiger partial charge in [-0.25, -0.2) is 0 Å². The van der Waals surface area contributed by atoms with E-state index in [1.807, 2.05) is 27.2 Å². The van der Waals surface area contributed by atoms with Crippen LogP contribution in [0.2, 0.25) is 0 Å². The van der Waals surface area contributed by atoms with Gasteiger partial charge in [0.2, 0.25) is 5.91 Å². The standard InChI is InChI=1S/C59H99N2O6P/c1-6-8-10-12-14-16-18-20-22-24-25-26-27-28-29-30-31-32-33-34-35-37-39-41-43-45-47-49-51-53-59(63)60-57(56-67-68(64,65)66-55-54-61(3,4)5)58(62)52-50-48-46-44-42-40-38-36-23-21-19-17-15-13-11-9-7-2/h8,10,14,16,20,22-23,25-26,28-29,31-32,34-36,39,41-42,44,50,52,57-58,62H,6-7,9,11-13,15,17-19,21,24,27,30,33,37-38,40,43,45-49,51,53-56H2,1-5H3,(H-,60,63,64,65)/b10-8-,16-14-,22-20-,26-25-,29-28-,32-31-,35-34-,36-23+,41-39-,44-42+,52-50+. The van der Waals surface area contributed by atoms with E-state index in [4.69, 9.17) is 9.05 Å². The van der Waals surface area contributed by atoms with Crippen LogP contribution < -0.4 is 10.2 Å². The van der Waals surface area contributed by atoms with Crippen LogP contribution in [0.15, 0.2) is 134 Å². The molecule has 0 aromatic rings. The Morgan fingerprint density at radius 3 is 1.37 bits per heavy atom. The maximum absolute atomic E-state index is 12.9. The number of amides is 1. The molecule has 1 amide bonds. The summed E-state index contributed by atoms with van der Waals surface area (Å²) in [6.07, 6.45) is 73.7. The Kier molecular flexibility index (Phi) is 46.3. The molecule has 0 aliphatic heterocycles. The molecule has 8 nitrogen and oxygen atoms in total. The van der Waals surface area contributed by atoms with Crippen molar-refractivity contribution in [2.24, 2.45) is 0 Å². The number of likely N-dealkylation sites (N-methyl/N-ethyl adjacent to an activating group) is 1. The molecule has 68 heavy (non-hydrogen) atoms. The van der Waals surface area contributed by atoms with Gasteiger partial charge in [-0.15, -0.1) is 0 Å². The number of nitrogens with one attached hydrogen (secondary N) is 1. The number of hydrogen-bond acceptors (Lipinski definition) is 6. The number of phosphoric ester groups is 1. The predicted octanol–water partition coefficient (Wildman–Crippen LogP) is 15.3. The summed E-state index contributed by atoms with van der Waals surface area (Å²) < 4.78 is 23.2. The number of rotatable bonds is 46. The number of hydrogen-bond donors (Lipinski definition) is 2. The van der Waals surface area contributed by atoms with Crippen LogP contribution in [0.3, 0.4) is 0 Å². The second-order valence-electron chi connectivity index (χ2n) is 18.5. The Balaban J connectivity index is 4.42. The minimum Gasteiger partial charge on any atom is -0.756 e. The molecule has 0 heterocycles. The second-order valence-corrected chi connectivity index (χ2v) is 19.9. The fourth-order valence-electron chi connectivity index (χ4n) is 6.67. The van der Waals surface area contributed by atoms with E-state index in [2.05, 4.69) is 141 Å². The Bertz CT molecular complexity index is 1560. The highest BCUT2D eigenvalue weighted by Crippen LogP contribution is 2.38. The maximum atomic E-state index is 12.9. The molecule has 0 fully saturated rings. The zero-order chi connectivity index (χ0) is 49.9. The van der Waals surface area contributed by atoms with Gasteiger partial charge in [-0.3, -0.25) is 9.36 Å². The molecule has 0 saturated carbocycles. The summed E-state index contributed by atoms with van der Waals surface area (Å²) in [6.45, 7) is 4.45. The number of phosphoric acid groups is 1. The first-order chi connectivity index (χ1) is 33.0. The van der Waals surface area contributed by atoms with Gasteiger partial charge in [-0.2, -0.15) is 0 Å². The highest BCUT2D eigenvalue weighted by Gasteiger charge is 2.23. The normalized spacial score (nSPS) is 15.1. The molecular weight excluding hydrogens is 864 g/mol. The molecule has 0 aromatic heterocycles. The number of carbonyl (C=O) groups is 1. The van der Waals surface area contributed by atoms with Crippen molar-refractivity contribution in [2.75, 3.05) is 40.9 Å². The lowest BCUT2D eigenvalue weighted by Crippen LogP contribution is -2.45. The predicted molar refractivity (Wildman–Crippen MR) is 292 cm³/mol. The van der Waals surface area contributed by atoms with Crippen molar-refractivity contribution in [3.8, 4) is 0 Å². The van der Waals surface area contributed by atoms with E-state index < -0.39 is 26.6 Å². The van der Waals surface area contributed by atoms with Gasteiger partial charge in [0.25, 0.3) is 7.82 Å². The summed E-state index contributed by atoms with van der Waals surface area (Å²) in [4.78, 5) is 25.4. The van der Waals surface area contributed by atoms with Crippen molar-refractivity contribution in [1.82, 2.24) is 5.32 Å². The molecule has 0 rings (SSSR count). The molecule has 3 unspecified atom stereocenters. The van der Waals surface area contributed by atoms with Gasteiger partial charge in [0.05, 0.1) is 39.9 Å². The summed E-state index contributed by atoms with van der Waals surface area (Å²) in [6, 6.07) is -0.934. The molecule has 0 saturated heterocycles. The van der Waals surface area contributed by atoms with Gasteiger partial charge >= 0.3 is 0 Å². The maximum Gasteiger partial charge on any atom is 0.268 e. The van der Waals surface area contributed by atoms with Crippen LogP contribution in [0.4, 0.5) is 0 Å². The van der Waals surface area contributed by atoms with Gasteiger partial charge in [0, 0.05) is 6.42 Å². The summed E-state index contributed by atoms with van der Waals surface area (Å²) >= 11 is 0. The number of aliphatic hydroxyl groups excluding tert-OH is 1. The number of allylic oxidation sites excluding steroid dienone is 21. The summed E-state index contributed by atoms with van der Waals surface area (Å²) in [5.41, 5.74) is 0. The summed E-state index contributed by atoms with van der Waals surface area (Å²) in [5.74, 6) is -0.243. The van der Waals surface area contributed by atoms with Crippen LogP contribution >= 0.6 is 7.82 Å². The first kappa shape index (κ1) is 64.6. The molecule has 386 valence electrons. The van der Waals surface area contributed by atoms with E-state index in [1.165, 1.54) is 44.9 Å². The number of nitrogens with zero attached hydrogens (tertiary/aromatic N) is 1. The van der Waals surface area contributed by atoms with E-state index in [0.717, 1.165) is 103 Å². The molecule has 0 spiro atoms. The van der Waals surface area contributed by atoms with Gasteiger partial charge in [0.1, 0.15) is 13.2 Å². The molecular formula is C59H99N2O6P. The SMILES string of the molecule is CC/C=C\C/C=C\C/C=C\C/C=C\C/C=C\C/C=C\C/C=C\C/C=C\CCCCCCC(=O)NC(COP(=O)([O-])OCC[N+](C)(C)C)C(O)/C=C/CC/C=C/CC/C=C/CCCCCCCCC. The zero-order valence-electron chi connectivity index (χ0n) is 43.7. The quantitative estimate of drug-likeness (QED) is 0.0272. The molecule has 0 bridgehead atoms. The van der Waals surface area contributed by atoms with Gasteiger partial charge in [0.15, 0.2) is 0 Å². The highest BCUT2D eigenvalue weighted by molar-refractivity contribution is 7.45. The average molecular weight is 963 g/mol. The van der Waals surface area contributed by atoms with E-state index in [1.54, 1.807) is 6.08 Å². The fraction of sp³-hybridized carbons (Fsp3) is 0.610. The topological polar surface area (TPSA) is 108 Å². The van der Waals surface area contributed by atoms with E-state index >= 15 is 0 Å². The molecule has 9 heteroatoms. The monoisotopic (exact) mass is 963 g/mol.